The summed E-state index contributed by atoms with van der Waals surface area (Å²) in [6, 6.07) is 6.12. The van der Waals surface area contributed by atoms with Crippen molar-refractivity contribution in [3.8, 4) is 0 Å². The van der Waals surface area contributed by atoms with Crippen LogP contribution in [0.5, 0.6) is 0 Å². The Hall–Kier alpha value is -2.23. The lowest BCUT2D eigenvalue weighted by molar-refractivity contribution is -0.112. The van der Waals surface area contributed by atoms with Gasteiger partial charge in [-0.1, -0.05) is 18.2 Å². The van der Waals surface area contributed by atoms with E-state index in [1.54, 1.807) is 24.4 Å². The number of aliphatic imine (C=N–C) groups is 1. The van der Waals surface area contributed by atoms with Crippen LogP contribution < -0.4 is 0 Å². The van der Waals surface area contributed by atoms with Crippen LogP contribution in [0.1, 0.15) is 22.3 Å². The third-order valence-electron chi connectivity index (χ3n) is 2.28. The first-order valence-corrected chi connectivity index (χ1v) is 4.78. The Morgan fingerprint density at radius 1 is 1.25 bits per heavy atom. The molecule has 1 N–H and O–H groups in total. The van der Waals surface area contributed by atoms with E-state index in [9.17, 15) is 9.59 Å². The molecule has 1 aliphatic rings. The average molecular weight is 215 g/mol. The van der Waals surface area contributed by atoms with Gasteiger partial charge < -0.3 is 5.11 Å². The number of allylic oxidation sites excluding steroid dienone is 1. The molecular weight excluding hydrogens is 206 g/mol. The first kappa shape index (κ1) is 10.3. The highest BCUT2D eigenvalue weighted by Crippen LogP contribution is 2.10. The first-order chi connectivity index (χ1) is 7.68. The summed E-state index contributed by atoms with van der Waals surface area (Å²) in [5.74, 6) is -1.03. The Balaban J connectivity index is 2.35. The summed E-state index contributed by atoms with van der Waals surface area (Å²) >= 11 is 0. The second-order valence-corrected chi connectivity index (χ2v) is 3.37. The van der Waals surface area contributed by atoms with Gasteiger partial charge in [-0.2, -0.15) is 0 Å². The number of aromatic carboxylic acids is 1. The van der Waals surface area contributed by atoms with Gasteiger partial charge in [-0.15, -0.1) is 0 Å². The van der Waals surface area contributed by atoms with Gasteiger partial charge in [0.1, 0.15) is 5.71 Å². The first-order valence-electron chi connectivity index (χ1n) is 4.78. The Morgan fingerprint density at radius 2 is 1.94 bits per heavy atom. The van der Waals surface area contributed by atoms with E-state index in [2.05, 4.69) is 4.99 Å². The summed E-state index contributed by atoms with van der Waals surface area (Å²) in [6.45, 7) is 0. The fourth-order valence-corrected chi connectivity index (χ4v) is 1.46. The third kappa shape index (κ3) is 1.91. The molecule has 4 nitrogen and oxygen atoms in total. The molecule has 0 saturated heterocycles. The van der Waals surface area contributed by atoms with Crippen molar-refractivity contribution in [2.75, 3.05) is 0 Å². The largest absolute Gasteiger partial charge is 0.478 e. The number of carboxylic acid groups (broad SMARTS) is 1. The molecule has 1 aromatic carbocycles. The Labute approximate surface area is 91.9 Å². The molecular formula is C12H9NO3. The average Bonchev–Trinajstić information content (AvgIpc) is 2.30. The van der Waals surface area contributed by atoms with Crippen LogP contribution in [0, 0.1) is 0 Å². The summed E-state index contributed by atoms with van der Waals surface area (Å²) in [6.07, 6.45) is 3.62. The SMILES string of the molecule is O=C1CC=CN=C1c1ccc(C(=O)O)cc1. The van der Waals surface area contributed by atoms with E-state index in [4.69, 9.17) is 5.11 Å². The van der Waals surface area contributed by atoms with Crippen LogP contribution in [-0.4, -0.2) is 22.6 Å². The van der Waals surface area contributed by atoms with Crippen LogP contribution >= 0.6 is 0 Å². The zero-order valence-corrected chi connectivity index (χ0v) is 8.38. The van der Waals surface area contributed by atoms with Gasteiger partial charge in [-0.05, 0) is 12.1 Å². The smallest absolute Gasteiger partial charge is 0.335 e. The molecule has 2 rings (SSSR count). The lowest BCUT2D eigenvalue weighted by Crippen LogP contribution is -2.16. The van der Waals surface area contributed by atoms with Crippen LogP contribution in [0.3, 0.4) is 0 Å². The molecule has 0 aromatic heterocycles. The van der Waals surface area contributed by atoms with Crippen molar-refractivity contribution in [3.05, 3.63) is 47.7 Å². The molecule has 0 spiro atoms. The number of Topliss-reactive ketones (excluding diaryl/α,β-unsaturated/α-hetero) is 1. The van der Waals surface area contributed by atoms with Crippen molar-refractivity contribution in [1.29, 1.82) is 0 Å². The maximum absolute atomic E-state index is 11.5. The van der Waals surface area contributed by atoms with Gasteiger partial charge in [0.15, 0.2) is 5.78 Å². The number of carbonyl (C=O) groups is 2. The molecule has 0 amide bonds. The molecule has 0 radical (unpaired) electrons. The number of hydrogen-bond acceptors (Lipinski definition) is 3. The lowest BCUT2D eigenvalue weighted by Gasteiger charge is -2.06. The van der Waals surface area contributed by atoms with Crippen molar-refractivity contribution in [1.82, 2.24) is 0 Å². The number of nitrogens with zero attached hydrogens (tertiary/aromatic N) is 1. The second kappa shape index (κ2) is 4.10. The number of rotatable bonds is 2. The summed E-state index contributed by atoms with van der Waals surface area (Å²) in [5, 5.41) is 8.73. The van der Waals surface area contributed by atoms with Crippen molar-refractivity contribution in [3.63, 3.8) is 0 Å². The molecule has 1 heterocycles. The van der Waals surface area contributed by atoms with Gasteiger partial charge in [0, 0.05) is 18.2 Å². The lowest BCUT2D eigenvalue weighted by atomic mass is 10.0. The standard InChI is InChI=1S/C12H9NO3/c14-10-2-1-7-13-11(10)8-3-5-9(6-4-8)12(15)16/h1,3-7H,2H2,(H,15,16). The zero-order chi connectivity index (χ0) is 11.5. The number of ketones is 1. The van der Waals surface area contributed by atoms with E-state index in [0.29, 0.717) is 17.7 Å². The van der Waals surface area contributed by atoms with Crippen LogP contribution in [-0.2, 0) is 4.79 Å². The van der Waals surface area contributed by atoms with E-state index < -0.39 is 5.97 Å². The summed E-state index contributed by atoms with van der Waals surface area (Å²) < 4.78 is 0. The minimum Gasteiger partial charge on any atom is -0.478 e. The quantitative estimate of drug-likeness (QED) is 0.815. The van der Waals surface area contributed by atoms with Crippen LogP contribution in [0.25, 0.3) is 0 Å². The van der Waals surface area contributed by atoms with Crippen molar-refractivity contribution < 1.29 is 14.7 Å². The van der Waals surface area contributed by atoms with E-state index in [-0.39, 0.29) is 11.3 Å². The topological polar surface area (TPSA) is 66.7 Å². The van der Waals surface area contributed by atoms with E-state index in [1.807, 2.05) is 0 Å². The number of carboxylic acids is 1. The van der Waals surface area contributed by atoms with Gasteiger partial charge >= 0.3 is 5.97 Å². The monoisotopic (exact) mass is 215 g/mol. The Kier molecular flexibility index (Phi) is 2.64. The van der Waals surface area contributed by atoms with Gasteiger partial charge in [-0.25, -0.2) is 4.79 Å². The Morgan fingerprint density at radius 3 is 2.50 bits per heavy atom. The summed E-state index contributed by atoms with van der Waals surface area (Å²) in [7, 11) is 0. The van der Waals surface area contributed by atoms with E-state index >= 15 is 0 Å². The second-order valence-electron chi connectivity index (χ2n) is 3.37. The molecule has 0 unspecified atom stereocenters. The highest BCUT2D eigenvalue weighted by atomic mass is 16.4. The molecule has 0 bridgehead atoms. The minimum absolute atomic E-state index is 0.0504. The maximum atomic E-state index is 11.5. The molecule has 0 aliphatic carbocycles. The van der Waals surface area contributed by atoms with Gasteiger partial charge in [0.2, 0.25) is 0 Å². The number of hydrogen-bond donors (Lipinski definition) is 1. The predicted molar refractivity (Wildman–Crippen MR) is 58.7 cm³/mol. The van der Waals surface area contributed by atoms with Crippen molar-refractivity contribution >= 4 is 17.5 Å². The van der Waals surface area contributed by atoms with Crippen molar-refractivity contribution in [2.45, 2.75) is 6.42 Å². The number of benzene rings is 1. The third-order valence-corrected chi connectivity index (χ3v) is 2.28. The van der Waals surface area contributed by atoms with E-state index in [0.717, 1.165) is 0 Å². The predicted octanol–water partition coefficient (Wildman–Crippen LogP) is 1.66. The molecule has 80 valence electrons. The Bertz CT molecular complexity index is 498. The molecule has 0 fully saturated rings. The zero-order valence-electron chi connectivity index (χ0n) is 8.38. The van der Waals surface area contributed by atoms with E-state index in [1.165, 1.54) is 12.1 Å². The van der Waals surface area contributed by atoms with Gasteiger partial charge in [-0.3, -0.25) is 9.79 Å². The summed E-state index contributed by atoms with van der Waals surface area (Å²) in [5.41, 5.74) is 1.24. The summed E-state index contributed by atoms with van der Waals surface area (Å²) in [4.78, 5) is 26.2. The van der Waals surface area contributed by atoms with Crippen molar-refractivity contribution in [2.24, 2.45) is 4.99 Å². The highest BCUT2D eigenvalue weighted by Gasteiger charge is 2.14. The number of carbonyl (C=O) groups excluding carboxylic acids is 1. The fourth-order valence-electron chi connectivity index (χ4n) is 1.46. The molecule has 1 aromatic rings. The molecule has 0 atom stereocenters. The maximum Gasteiger partial charge on any atom is 0.335 e. The molecule has 1 aliphatic heterocycles. The highest BCUT2D eigenvalue weighted by molar-refractivity contribution is 6.47. The normalized spacial score (nSPS) is 14.8. The van der Waals surface area contributed by atoms with Gasteiger partial charge in [0.25, 0.3) is 0 Å². The van der Waals surface area contributed by atoms with Crippen LogP contribution in [0.4, 0.5) is 0 Å². The minimum atomic E-state index is -0.983. The molecule has 0 saturated carbocycles. The van der Waals surface area contributed by atoms with Gasteiger partial charge in [0.05, 0.1) is 5.56 Å². The van der Waals surface area contributed by atoms with Crippen LogP contribution in [0.2, 0.25) is 0 Å². The molecule has 16 heavy (non-hydrogen) atoms. The van der Waals surface area contributed by atoms with Crippen LogP contribution in [0.15, 0.2) is 41.5 Å². The fraction of sp³-hybridized carbons (Fsp3) is 0.0833. The molecule has 4 heteroatoms.